The normalized spacial score (nSPS) is 11.3. The zero-order chi connectivity index (χ0) is 12.4. The van der Waals surface area contributed by atoms with Crippen LogP contribution in [0.25, 0.3) is 10.9 Å². The third kappa shape index (κ3) is 2.08. The summed E-state index contributed by atoms with van der Waals surface area (Å²) in [7, 11) is 0. The van der Waals surface area contributed by atoms with E-state index in [1.807, 2.05) is 0 Å². The lowest BCUT2D eigenvalue weighted by molar-refractivity contribution is 0.270. The molecule has 3 nitrogen and oxygen atoms in total. The summed E-state index contributed by atoms with van der Waals surface area (Å²) in [5, 5.41) is 10.8. The van der Waals surface area contributed by atoms with Crippen molar-refractivity contribution >= 4 is 10.9 Å². The predicted octanol–water partition coefficient (Wildman–Crippen LogP) is 2.10. The van der Waals surface area contributed by atoms with E-state index in [1.54, 1.807) is 0 Å². The Hall–Kier alpha value is -1.32. The van der Waals surface area contributed by atoms with Gasteiger partial charge in [0.25, 0.3) is 0 Å². The van der Waals surface area contributed by atoms with E-state index in [0.29, 0.717) is 6.54 Å². The lowest BCUT2D eigenvalue weighted by Gasteiger charge is -2.08. The zero-order valence-corrected chi connectivity index (χ0v) is 10.5. The van der Waals surface area contributed by atoms with Gasteiger partial charge in [-0.2, -0.15) is 0 Å². The molecule has 0 atom stereocenters. The van der Waals surface area contributed by atoms with Crippen molar-refractivity contribution in [3.63, 3.8) is 0 Å². The van der Waals surface area contributed by atoms with Crippen molar-refractivity contribution in [2.45, 2.75) is 33.4 Å². The second-order valence-corrected chi connectivity index (χ2v) is 4.54. The molecular weight excluding hydrogens is 212 g/mol. The Bertz CT molecular complexity index is 528. The van der Waals surface area contributed by atoms with E-state index < -0.39 is 0 Å². The van der Waals surface area contributed by atoms with E-state index in [9.17, 15) is 5.11 Å². The number of hydrogen-bond donors (Lipinski definition) is 2. The first kappa shape index (κ1) is 12.1. The highest BCUT2D eigenvalue weighted by atomic mass is 16.3. The van der Waals surface area contributed by atoms with Crippen molar-refractivity contribution < 1.29 is 5.11 Å². The van der Waals surface area contributed by atoms with Gasteiger partial charge in [-0.15, -0.1) is 0 Å². The lowest BCUT2D eigenvalue weighted by atomic mass is 10.1. The highest BCUT2D eigenvalue weighted by Crippen LogP contribution is 2.26. The first-order valence-electron chi connectivity index (χ1n) is 6.08. The number of fused-ring (bicyclic) bond motifs is 1. The molecule has 0 saturated heterocycles. The number of benzene rings is 1. The van der Waals surface area contributed by atoms with Gasteiger partial charge >= 0.3 is 0 Å². The van der Waals surface area contributed by atoms with Crippen molar-refractivity contribution in [3.05, 3.63) is 35.0 Å². The summed E-state index contributed by atoms with van der Waals surface area (Å²) in [5.41, 5.74) is 10.2. The Morgan fingerprint density at radius 1 is 1.29 bits per heavy atom. The average molecular weight is 232 g/mol. The molecular formula is C14H20N2O. The molecule has 3 N–H and O–H groups in total. The van der Waals surface area contributed by atoms with E-state index in [2.05, 4.69) is 36.6 Å². The second-order valence-electron chi connectivity index (χ2n) is 4.54. The van der Waals surface area contributed by atoms with Crippen LogP contribution in [0.2, 0.25) is 0 Å². The van der Waals surface area contributed by atoms with E-state index in [-0.39, 0.29) is 6.61 Å². The van der Waals surface area contributed by atoms with Gasteiger partial charge in [0.15, 0.2) is 0 Å². The van der Waals surface area contributed by atoms with E-state index >= 15 is 0 Å². The van der Waals surface area contributed by atoms with Crippen LogP contribution >= 0.6 is 0 Å². The molecule has 2 rings (SSSR count). The fourth-order valence-corrected chi connectivity index (χ4v) is 2.40. The maximum absolute atomic E-state index is 9.52. The summed E-state index contributed by atoms with van der Waals surface area (Å²) < 4.78 is 2.19. The van der Waals surface area contributed by atoms with Crippen molar-refractivity contribution in [1.29, 1.82) is 0 Å². The van der Waals surface area contributed by atoms with Gasteiger partial charge in [-0.25, -0.2) is 0 Å². The summed E-state index contributed by atoms with van der Waals surface area (Å²) in [5.74, 6) is 0. The standard InChI is InChI=1S/C14H20N2O/c1-10-4-5-13-12(8-10)11(2)14(9-17)16(13)7-3-6-15/h4-5,8,17H,3,6-7,9,15H2,1-2H3. The summed E-state index contributed by atoms with van der Waals surface area (Å²) in [6, 6.07) is 6.43. The molecule has 0 aliphatic heterocycles. The molecule has 2 aromatic rings. The number of aliphatic hydroxyl groups is 1. The smallest absolute Gasteiger partial charge is 0.0835 e. The maximum atomic E-state index is 9.52. The Kier molecular flexibility index (Phi) is 3.50. The van der Waals surface area contributed by atoms with Gasteiger partial charge < -0.3 is 15.4 Å². The largest absolute Gasteiger partial charge is 0.390 e. The Morgan fingerprint density at radius 2 is 2.06 bits per heavy atom. The Labute approximate surface area is 102 Å². The van der Waals surface area contributed by atoms with Crippen LogP contribution in [-0.2, 0) is 13.2 Å². The predicted molar refractivity (Wildman–Crippen MR) is 71.0 cm³/mol. The van der Waals surface area contributed by atoms with Crippen LogP contribution < -0.4 is 5.73 Å². The average Bonchev–Trinajstić information content (AvgIpc) is 2.59. The SMILES string of the molecule is Cc1ccc2c(c1)c(C)c(CO)n2CCCN. The van der Waals surface area contributed by atoms with Gasteiger partial charge in [0, 0.05) is 23.1 Å². The molecule has 0 unspecified atom stereocenters. The Morgan fingerprint density at radius 3 is 2.71 bits per heavy atom. The van der Waals surface area contributed by atoms with Gasteiger partial charge in [-0.05, 0) is 44.5 Å². The molecule has 0 aliphatic rings. The molecule has 0 radical (unpaired) electrons. The molecule has 0 spiro atoms. The molecule has 0 bridgehead atoms. The molecule has 1 aromatic carbocycles. The fourth-order valence-electron chi connectivity index (χ4n) is 2.40. The van der Waals surface area contributed by atoms with Gasteiger partial charge in [-0.1, -0.05) is 11.6 Å². The van der Waals surface area contributed by atoms with Crippen LogP contribution in [0.15, 0.2) is 18.2 Å². The highest BCUT2D eigenvalue weighted by molar-refractivity contribution is 5.86. The maximum Gasteiger partial charge on any atom is 0.0835 e. The minimum absolute atomic E-state index is 0.0874. The first-order chi connectivity index (χ1) is 8.19. The molecule has 0 amide bonds. The van der Waals surface area contributed by atoms with Crippen LogP contribution in [0.1, 0.15) is 23.2 Å². The van der Waals surface area contributed by atoms with E-state index in [1.165, 1.54) is 22.0 Å². The molecule has 92 valence electrons. The molecule has 17 heavy (non-hydrogen) atoms. The minimum atomic E-state index is 0.0874. The van der Waals surface area contributed by atoms with Crippen LogP contribution in [-0.4, -0.2) is 16.2 Å². The van der Waals surface area contributed by atoms with Crippen LogP contribution in [0.5, 0.6) is 0 Å². The summed E-state index contributed by atoms with van der Waals surface area (Å²) in [6.07, 6.45) is 0.935. The molecule has 1 heterocycles. The molecule has 0 saturated carbocycles. The number of hydrogen-bond acceptors (Lipinski definition) is 2. The van der Waals surface area contributed by atoms with Gasteiger partial charge in [0.05, 0.1) is 6.61 Å². The molecule has 1 aromatic heterocycles. The third-order valence-electron chi connectivity index (χ3n) is 3.34. The highest BCUT2D eigenvalue weighted by Gasteiger charge is 2.12. The summed E-state index contributed by atoms with van der Waals surface area (Å²) >= 11 is 0. The zero-order valence-electron chi connectivity index (χ0n) is 10.5. The number of aromatic nitrogens is 1. The van der Waals surface area contributed by atoms with Crippen LogP contribution in [0.4, 0.5) is 0 Å². The lowest BCUT2D eigenvalue weighted by Crippen LogP contribution is -2.08. The third-order valence-corrected chi connectivity index (χ3v) is 3.34. The number of aliphatic hydroxyl groups excluding tert-OH is 1. The molecule has 0 fully saturated rings. The van der Waals surface area contributed by atoms with Gasteiger partial charge in [0.1, 0.15) is 0 Å². The van der Waals surface area contributed by atoms with Crippen LogP contribution in [0, 0.1) is 13.8 Å². The second kappa shape index (κ2) is 4.90. The van der Waals surface area contributed by atoms with Crippen molar-refractivity contribution in [3.8, 4) is 0 Å². The van der Waals surface area contributed by atoms with Gasteiger partial charge in [-0.3, -0.25) is 0 Å². The summed E-state index contributed by atoms with van der Waals surface area (Å²) in [4.78, 5) is 0. The molecule has 3 heteroatoms. The minimum Gasteiger partial charge on any atom is -0.390 e. The monoisotopic (exact) mass is 232 g/mol. The quantitative estimate of drug-likeness (QED) is 0.848. The number of nitrogens with two attached hydrogens (primary N) is 1. The van der Waals surface area contributed by atoms with E-state index in [4.69, 9.17) is 5.73 Å². The van der Waals surface area contributed by atoms with E-state index in [0.717, 1.165) is 18.7 Å². The van der Waals surface area contributed by atoms with Crippen molar-refractivity contribution in [1.82, 2.24) is 4.57 Å². The first-order valence-corrected chi connectivity index (χ1v) is 6.08. The number of rotatable bonds is 4. The molecule has 0 aliphatic carbocycles. The van der Waals surface area contributed by atoms with Crippen molar-refractivity contribution in [2.75, 3.05) is 6.54 Å². The number of aryl methyl sites for hydroxylation is 3. The topological polar surface area (TPSA) is 51.2 Å². The van der Waals surface area contributed by atoms with Crippen molar-refractivity contribution in [2.24, 2.45) is 5.73 Å². The van der Waals surface area contributed by atoms with Gasteiger partial charge in [0.2, 0.25) is 0 Å². The summed E-state index contributed by atoms with van der Waals surface area (Å²) in [6.45, 7) is 5.81. The Balaban J connectivity index is 2.62. The fraction of sp³-hybridized carbons (Fsp3) is 0.429. The van der Waals surface area contributed by atoms with Crippen LogP contribution in [0.3, 0.4) is 0 Å². The number of nitrogens with zero attached hydrogens (tertiary/aromatic N) is 1.